The molecule has 0 spiro atoms. The number of likely N-dealkylation sites (tertiary alicyclic amines) is 1. The highest BCUT2D eigenvalue weighted by atomic mass is 16.2. The topological polar surface area (TPSA) is 61.2 Å². The third-order valence-corrected chi connectivity index (χ3v) is 3.43. The van der Waals surface area contributed by atoms with Crippen molar-refractivity contribution in [2.75, 3.05) is 0 Å². The van der Waals surface area contributed by atoms with Crippen molar-refractivity contribution in [3.05, 3.63) is 34.9 Å². The summed E-state index contributed by atoms with van der Waals surface area (Å²) in [6, 6.07) is 7.39. The molecule has 2 amide bonds. The van der Waals surface area contributed by atoms with Crippen LogP contribution in [0.5, 0.6) is 0 Å². The molecule has 1 aromatic carbocycles. The van der Waals surface area contributed by atoms with Gasteiger partial charge < -0.3 is 0 Å². The van der Waals surface area contributed by atoms with Gasteiger partial charge in [0.2, 0.25) is 11.8 Å². The summed E-state index contributed by atoms with van der Waals surface area (Å²) >= 11 is 0. The lowest BCUT2D eigenvalue weighted by molar-refractivity contribution is -0.144. The molecular weight excluding hydrogens is 240 g/mol. The molecule has 1 aromatic rings. The van der Waals surface area contributed by atoms with Crippen LogP contribution in [0.15, 0.2) is 18.2 Å². The molecule has 98 valence electrons. The van der Waals surface area contributed by atoms with Crippen LogP contribution in [0.1, 0.15) is 42.4 Å². The highest BCUT2D eigenvalue weighted by molar-refractivity contribution is 5.95. The largest absolute Gasteiger partial charge is 0.278 e. The fraction of sp³-hybridized carbons (Fsp3) is 0.400. The maximum absolute atomic E-state index is 11.9. The third-order valence-electron chi connectivity index (χ3n) is 3.43. The Morgan fingerprint density at radius 2 is 1.84 bits per heavy atom. The van der Waals surface area contributed by atoms with E-state index in [1.807, 2.05) is 13.0 Å². The Morgan fingerprint density at radius 1 is 1.21 bits per heavy atom. The number of rotatable bonds is 2. The predicted molar refractivity (Wildman–Crippen MR) is 69.9 cm³/mol. The van der Waals surface area contributed by atoms with Crippen LogP contribution in [0.2, 0.25) is 0 Å². The Balaban J connectivity index is 2.22. The molecule has 1 aliphatic heterocycles. The van der Waals surface area contributed by atoms with E-state index >= 15 is 0 Å². The van der Waals surface area contributed by atoms with Crippen molar-refractivity contribution in [3.63, 3.8) is 0 Å². The van der Waals surface area contributed by atoms with Gasteiger partial charge in [-0.2, -0.15) is 5.26 Å². The quantitative estimate of drug-likeness (QED) is 0.763. The summed E-state index contributed by atoms with van der Waals surface area (Å²) in [6.07, 6.45) is 2.46. The van der Waals surface area contributed by atoms with Gasteiger partial charge in [0.25, 0.3) is 0 Å². The molecule has 0 saturated carbocycles. The van der Waals surface area contributed by atoms with Crippen LogP contribution in [0.4, 0.5) is 0 Å². The molecule has 0 atom stereocenters. The standard InChI is InChI=1S/C15H16N2O2/c1-11-8-12(9-16)6-7-13(11)10-17-14(18)4-2-3-5-15(17)19/h6-8H,2-5,10H2,1H3. The number of amides is 2. The molecule has 19 heavy (non-hydrogen) atoms. The summed E-state index contributed by atoms with van der Waals surface area (Å²) in [5, 5.41) is 8.83. The first-order valence-corrected chi connectivity index (χ1v) is 6.44. The second-order valence-corrected chi connectivity index (χ2v) is 4.83. The van der Waals surface area contributed by atoms with E-state index < -0.39 is 0 Å². The number of hydrogen-bond donors (Lipinski definition) is 0. The summed E-state index contributed by atoms with van der Waals surface area (Å²) in [6.45, 7) is 2.21. The second kappa shape index (κ2) is 5.66. The molecular formula is C15H16N2O2. The summed E-state index contributed by atoms with van der Waals surface area (Å²) in [7, 11) is 0. The third kappa shape index (κ3) is 3.00. The Morgan fingerprint density at radius 3 is 2.37 bits per heavy atom. The molecule has 0 unspecified atom stereocenters. The SMILES string of the molecule is Cc1cc(C#N)ccc1CN1C(=O)CCCCC1=O. The van der Waals surface area contributed by atoms with Crippen LogP contribution in [-0.4, -0.2) is 16.7 Å². The zero-order valence-electron chi connectivity index (χ0n) is 11.0. The van der Waals surface area contributed by atoms with Gasteiger partial charge in [-0.25, -0.2) is 0 Å². The van der Waals surface area contributed by atoms with Crippen LogP contribution in [0.25, 0.3) is 0 Å². The number of nitriles is 1. The van der Waals surface area contributed by atoms with Gasteiger partial charge in [0, 0.05) is 12.8 Å². The average molecular weight is 256 g/mol. The summed E-state index contributed by atoms with van der Waals surface area (Å²) in [5.41, 5.74) is 2.45. The molecule has 0 N–H and O–H groups in total. The minimum Gasteiger partial charge on any atom is -0.278 e. The molecule has 0 aliphatic carbocycles. The Hall–Kier alpha value is -2.15. The van der Waals surface area contributed by atoms with E-state index in [1.165, 1.54) is 4.90 Å². The van der Waals surface area contributed by atoms with Crippen LogP contribution < -0.4 is 0 Å². The van der Waals surface area contributed by atoms with Crippen LogP contribution >= 0.6 is 0 Å². The number of nitrogens with zero attached hydrogens (tertiary/aromatic N) is 2. The number of benzene rings is 1. The number of imide groups is 1. The fourth-order valence-electron chi connectivity index (χ4n) is 2.25. The molecule has 0 radical (unpaired) electrons. The van der Waals surface area contributed by atoms with Crippen molar-refractivity contribution >= 4 is 11.8 Å². The first-order chi connectivity index (χ1) is 9.11. The van der Waals surface area contributed by atoms with E-state index in [0.717, 1.165) is 24.0 Å². The first kappa shape index (κ1) is 13.3. The van der Waals surface area contributed by atoms with Gasteiger partial charge in [-0.05, 0) is 43.0 Å². The van der Waals surface area contributed by atoms with Gasteiger partial charge >= 0.3 is 0 Å². The minimum atomic E-state index is -0.0914. The number of aryl methyl sites for hydroxylation is 1. The molecule has 1 fully saturated rings. The van der Waals surface area contributed by atoms with Gasteiger partial charge in [0.05, 0.1) is 18.2 Å². The zero-order chi connectivity index (χ0) is 13.8. The first-order valence-electron chi connectivity index (χ1n) is 6.44. The molecule has 1 heterocycles. The lowest BCUT2D eigenvalue weighted by atomic mass is 10.0. The van der Waals surface area contributed by atoms with E-state index in [-0.39, 0.29) is 11.8 Å². The monoisotopic (exact) mass is 256 g/mol. The van der Waals surface area contributed by atoms with E-state index in [0.29, 0.717) is 24.9 Å². The van der Waals surface area contributed by atoms with Gasteiger partial charge in [0.1, 0.15) is 0 Å². The van der Waals surface area contributed by atoms with E-state index in [2.05, 4.69) is 6.07 Å². The Bertz CT molecular complexity index is 540. The van der Waals surface area contributed by atoms with Gasteiger partial charge in [-0.1, -0.05) is 6.07 Å². The zero-order valence-corrected chi connectivity index (χ0v) is 11.0. The van der Waals surface area contributed by atoms with Gasteiger partial charge in [0.15, 0.2) is 0 Å². The molecule has 1 saturated heterocycles. The summed E-state index contributed by atoms with van der Waals surface area (Å²) in [5.74, 6) is -0.183. The Labute approximate surface area is 112 Å². The predicted octanol–water partition coefficient (Wildman–Crippen LogP) is 2.30. The van der Waals surface area contributed by atoms with Crippen molar-refractivity contribution in [3.8, 4) is 6.07 Å². The summed E-state index contributed by atoms with van der Waals surface area (Å²) < 4.78 is 0. The van der Waals surface area contributed by atoms with Gasteiger partial charge in [-0.3, -0.25) is 14.5 Å². The maximum Gasteiger partial charge on any atom is 0.229 e. The van der Waals surface area contributed by atoms with Crippen molar-refractivity contribution < 1.29 is 9.59 Å². The molecule has 0 aromatic heterocycles. The van der Waals surface area contributed by atoms with Crippen LogP contribution in [-0.2, 0) is 16.1 Å². The molecule has 2 rings (SSSR count). The summed E-state index contributed by atoms with van der Waals surface area (Å²) in [4.78, 5) is 25.2. The highest BCUT2D eigenvalue weighted by Gasteiger charge is 2.24. The van der Waals surface area contributed by atoms with E-state index in [1.54, 1.807) is 12.1 Å². The van der Waals surface area contributed by atoms with Crippen LogP contribution in [0, 0.1) is 18.3 Å². The van der Waals surface area contributed by atoms with Crippen molar-refractivity contribution in [2.45, 2.75) is 39.2 Å². The van der Waals surface area contributed by atoms with Crippen molar-refractivity contribution in [2.24, 2.45) is 0 Å². The molecule has 4 nitrogen and oxygen atoms in total. The Kier molecular flexibility index (Phi) is 3.96. The van der Waals surface area contributed by atoms with Gasteiger partial charge in [-0.15, -0.1) is 0 Å². The second-order valence-electron chi connectivity index (χ2n) is 4.83. The minimum absolute atomic E-state index is 0.0914. The molecule has 4 heteroatoms. The van der Waals surface area contributed by atoms with E-state index in [4.69, 9.17) is 5.26 Å². The number of carbonyl (C=O) groups excluding carboxylic acids is 2. The fourth-order valence-corrected chi connectivity index (χ4v) is 2.25. The lowest BCUT2D eigenvalue weighted by Crippen LogP contribution is -2.34. The van der Waals surface area contributed by atoms with Crippen LogP contribution in [0.3, 0.4) is 0 Å². The molecule has 0 bridgehead atoms. The lowest BCUT2D eigenvalue weighted by Gasteiger charge is -2.19. The van der Waals surface area contributed by atoms with Crippen molar-refractivity contribution in [1.29, 1.82) is 5.26 Å². The normalized spacial score (nSPS) is 16.1. The maximum atomic E-state index is 11.9. The highest BCUT2D eigenvalue weighted by Crippen LogP contribution is 2.18. The average Bonchev–Trinajstić information content (AvgIpc) is 2.55. The number of hydrogen-bond acceptors (Lipinski definition) is 3. The smallest absolute Gasteiger partial charge is 0.229 e. The van der Waals surface area contributed by atoms with E-state index in [9.17, 15) is 9.59 Å². The molecule has 1 aliphatic rings. The van der Waals surface area contributed by atoms with Crippen molar-refractivity contribution in [1.82, 2.24) is 4.90 Å². The number of carbonyl (C=O) groups is 2.